The molecule has 0 unspecified atom stereocenters. The summed E-state index contributed by atoms with van der Waals surface area (Å²) in [5.74, 6) is 5.34. The minimum absolute atomic E-state index is 0.820. The van der Waals surface area contributed by atoms with E-state index in [9.17, 15) is 0 Å². The molecule has 1 aliphatic heterocycles. The van der Waals surface area contributed by atoms with Crippen LogP contribution < -0.4 is 0 Å². The Bertz CT molecular complexity index is 278. The van der Waals surface area contributed by atoms with Gasteiger partial charge in [0, 0.05) is 23.0 Å². The molecule has 1 heterocycles. The zero-order valence-corrected chi connectivity index (χ0v) is 11.9. The van der Waals surface area contributed by atoms with Crippen LogP contribution in [0.1, 0.15) is 12.0 Å². The Kier molecular flexibility index (Phi) is 6.02. The Morgan fingerprint density at radius 2 is 1.62 bits per heavy atom. The Hall–Kier alpha value is 0.270. The van der Waals surface area contributed by atoms with Crippen molar-refractivity contribution in [3.05, 3.63) is 35.9 Å². The normalized spacial score (nSPS) is 19.0. The highest BCUT2D eigenvalue weighted by molar-refractivity contribution is 8.18. The zero-order valence-electron chi connectivity index (χ0n) is 9.43. The van der Waals surface area contributed by atoms with Gasteiger partial charge in [-0.15, -0.1) is 23.5 Å². The summed E-state index contributed by atoms with van der Waals surface area (Å²) in [7, 11) is 0. The highest BCUT2D eigenvalue weighted by Gasteiger charge is 2.12. The van der Waals surface area contributed by atoms with Gasteiger partial charge in [0.2, 0.25) is 0 Å². The molecular formula is C13H18S3. The third-order valence-corrected chi connectivity index (χ3v) is 6.99. The second kappa shape index (κ2) is 7.57. The van der Waals surface area contributed by atoms with Crippen molar-refractivity contribution in [3.63, 3.8) is 0 Å². The molecular weight excluding hydrogens is 252 g/mol. The minimum atomic E-state index is 0.820. The maximum Gasteiger partial charge on any atom is 0.0506 e. The second-order valence-electron chi connectivity index (χ2n) is 3.81. The van der Waals surface area contributed by atoms with Crippen LogP contribution in [0.2, 0.25) is 0 Å². The molecule has 0 spiro atoms. The average Bonchev–Trinajstić information content (AvgIpc) is 2.29. The highest BCUT2D eigenvalue weighted by Crippen LogP contribution is 2.31. The lowest BCUT2D eigenvalue weighted by atomic mass is 10.1. The number of hydrogen-bond acceptors (Lipinski definition) is 3. The van der Waals surface area contributed by atoms with E-state index in [1.54, 1.807) is 0 Å². The van der Waals surface area contributed by atoms with E-state index in [0.29, 0.717) is 0 Å². The van der Waals surface area contributed by atoms with Gasteiger partial charge in [-0.05, 0) is 18.4 Å². The highest BCUT2D eigenvalue weighted by atomic mass is 32.2. The Balaban J connectivity index is 1.75. The minimum Gasteiger partial charge on any atom is -0.160 e. The lowest BCUT2D eigenvalue weighted by Crippen LogP contribution is -2.07. The van der Waals surface area contributed by atoms with Gasteiger partial charge >= 0.3 is 0 Å². The quantitative estimate of drug-likeness (QED) is 0.809. The SMILES string of the molecule is c1ccc(CCC2SCCSCCS2)cc1. The molecule has 16 heavy (non-hydrogen) atoms. The summed E-state index contributed by atoms with van der Waals surface area (Å²) in [5, 5.41) is 0. The smallest absolute Gasteiger partial charge is 0.0506 e. The molecule has 1 aromatic rings. The third-order valence-electron chi connectivity index (χ3n) is 2.57. The molecule has 0 aliphatic carbocycles. The summed E-state index contributed by atoms with van der Waals surface area (Å²) in [5.41, 5.74) is 1.49. The summed E-state index contributed by atoms with van der Waals surface area (Å²) in [6.45, 7) is 0. The number of aryl methyl sites for hydroxylation is 1. The van der Waals surface area contributed by atoms with Gasteiger partial charge in [-0.3, -0.25) is 0 Å². The molecule has 1 aliphatic rings. The van der Waals surface area contributed by atoms with Crippen LogP contribution in [-0.4, -0.2) is 27.6 Å². The van der Waals surface area contributed by atoms with Crippen molar-refractivity contribution < 1.29 is 0 Å². The second-order valence-corrected chi connectivity index (χ2v) is 7.95. The van der Waals surface area contributed by atoms with Crippen LogP contribution in [0.5, 0.6) is 0 Å². The number of rotatable bonds is 3. The third kappa shape index (κ3) is 4.64. The maximum atomic E-state index is 2.24. The van der Waals surface area contributed by atoms with E-state index in [0.717, 1.165) is 4.58 Å². The molecule has 2 rings (SSSR count). The first-order valence-corrected chi connectivity index (χ1v) is 9.05. The fraction of sp³-hybridized carbons (Fsp3) is 0.538. The molecule has 0 aromatic heterocycles. The lowest BCUT2D eigenvalue weighted by Gasteiger charge is -2.18. The molecule has 88 valence electrons. The molecule has 0 amide bonds. The van der Waals surface area contributed by atoms with Gasteiger partial charge in [0.15, 0.2) is 0 Å². The van der Waals surface area contributed by atoms with Gasteiger partial charge < -0.3 is 0 Å². The predicted molar refractivity (Wildman–Crippen MR) is 80.8 cm³/mol. The Morgan fingerprint density at radius 1 is 0.938 bits per heavy atom. The standard InChI is InChI=1S/C13H18S3/c1-2-4-12(5-3-1)6-7-13-15-10-8-14-9-11-16-13/h1-5,13H,6-11H2. The van der Waals surface area contributed by atoms with E-state index in [4.69, 9.17) is 0 Å². The van der Waals surface area contributed by atoms with E-state index in [-0.39, 0.29) is 0 Å². The van der Waals surface area contributed by atoms with E-state index in [2.05, 4.69) is 65.6 Å². The van der Waals surface area contributed by atoms with Crippen molar-refractivity contribution in [2.75, 3.05) is 23.0 Å². The van der Waals surface area contributed by atoms with E-state index in [1.807, 2.05) is 0 Å². The number of hydrogen-bond donors (Lipinski definition) is 0. The van der Waals surface area contributed by atoms with Crippen molar-refractivity contribution in [2.45, 2.75) is 17.4 Å². The molecule has 0 radical (unpaired) electrons. The molecule has 0 N–H and O–H groups in total. The summed E-state index contributed by atoms with van der Waals surface area (Å²) in [4.78, 5) is 0. The average molecular weight is 270 g/mol. The summed E-state index contributed by atoms with van der Waals surface area (Å²) >= 11 is 6.42. The molecule has 1 saturated heterocycles. The Morgan fingerprint density at radius 3 is 2.31 bits per heavy atom. The first kappa shape index (κ1) is 12.7. The summed E-state index contributed by atoms with van der Waals surface area (Å²) < 4.78 is 0.820. The van der Waals surface area contributed by atoms with Gasteiger partial charge in [0.05, 0.1) is 4.58 Å². The molecule has 1 fully saturated rings. The summed E-state index contributed by atoms with van der Waals surface area (Å²) in [6, 6.07) is 10.9. The topological polar surface area (TPSA) is 0 Å². The monoisotopic (exact) mass is 270 g/mol. The van der Waals surface area contributed by atoms with Gasteiger partial charge in [-0.1, -0.05) is 30.3 Å². The van der Waals surface area contributed by atoms with Gasteiger partial charge in [-0.2, -0.15) is 11.8 Å². The van der Waals surface area contributed by atoms with Gasteiger partial charge in [0.25, 0.3) is 0 Å². The molecule has 0 bridgehead atoms. The number of thioether (sulfide) groups is 3. The Labute approximate surface area is 111 Å². The van der Waals surface area contributed by atoms with E-state index >= 15 is 0 Å². The van der Waals surface area contributed by atoms with Crippen LogP contribution in [0.25, 0.3) is 0 Å². The first-order valence-electron chi connectivity index (χ1n) is 5.80. The van der Waals surface area contributed by atoms with Crippen LogP contribution in [-0.2, 0) is 6.42 Å². The fourth-order valence-electron chi connectivity index (χ4n) is 1.72. The van der Waals surface area contributed by atoms with Crippen LogP contribution in [0.4, 0.5) is 0 Å². The first-order chi connectivity index (χ1) is 7.95. The van der Waals surface area contributed by atoms with Crippen molar-refractivity contribution in [2.24, 2.45) is 0 Å². The van der Waals surface area contributed by atoms with E-state index < -0.39 is 0 Å². The molecule has 0 saturated carbocycles. The van der Waals surface area contributed by atoms with Crippen LogP contribution >= 0.6 is 35.3 Å². The zero-order chi connectivity index (χ0) is 11.1. The maximum absolute atomic E-state index is 2.24. The van der Waals surface area contributed by atoms with Crippen LogP contribution in [0.3, 0.4) is 0 Å². The predicted octanol–water partition coefficient (Wildman–Crippen LogP) is 4.16. The van der Waals surface area contributed by atoms with Crippen molar-refractivity contribution in [1.29, 1.82) is 0 Å². The molecule has 0 atom stereocenters. The van der Waals surface area contributed by atoms with Gasteiger partial charge in [-0.25, -0.2) is 0 Å². The molecule has 0 nitrogen and oxygen atoms in total. The van der Waals surface area contributed by atoms with Crippen molar-refractivity contribution >= 4 is 35.3 Å². The lowest BCUT2D eigenvalue weighted by molar-refractivity contribution is 0.904. The van der Waals surface area contributed by atoms with Crippen LogP contribution in [0.15, 0.2) is 30.3 Å². The summed E-state index contributed by atoms with van der Waals surface area (Å²) in [6.07, 6.45) is 2.56. The molecule has 3 heteroatoms. The fourth-order valence-corrected chi connectivity index (χ4v) is 5.70. The van der Waals surface area contributed by atoms with Crippen molar-refractivity contribution in [3.8, 4) is 0 Å². The van der Waals surface area contributed by atoms with Gasteiger partial charge in [0.1, 0.15) is 0 Å². The van der Waals surface area contributed by atoms with E-state index in [1.165, 1.54) is 41.4 Å². The van der Waals surface area contributed by atoms with Crippen LogP contribution in [0, 0.1) is 0 Å². The number of benzene rings is 1. The molecule has 1 aromatic carbocycles. The van der Waals surface area contributed by atoms with Crippen molar-refractivity contribution in [1.82, 2.24) is 0 Å². The largest absolute Gasteiger partial charge is 0.160 e.